The van der Waals surface area contributed by atoms with Crippen molar-refractivity contribution in [2.45, 2.75) is 25.4 Å². The van der Waals surface area contributed by atoms with Crippen molar-refractivity contribution < 1.29 is 0 Å². The van der Waals surface area contributed by atoms with Crippen molar-refractivity contribution in [3.05, 3.63) is 36.3 Å². The number of nitrogens with zero attached hydrogens (tertiary/aromatic N) is 2. The zero-order chi connectivity index (χ0) is 10.8. The Hall–Kier alpha value is -1.68. The van der Waals surface area contributed by atoms with Crippen LogP contribution in [0.15, 0.2) is 30.7 Å². The third kappa shape index (κ3) is 1.97. The first-order valence-corrected chi connectivity index (χ1v) is 5.59. The van der Waals surface area contributed by atoms with Crippen molar-refractivity contribution in [2.75, 3.05) is 0 Å². The van der Waals surface area contributed by atoms with Gasteiger partial charge in [0.1, 0.15) is 0 Å². The molecule has 0 atom stereocenters. The van der Waals surface area contributed by atoms with E-state index in [1.54, 1.807) is 6.20 Å². The zero-order valence-electron chi connectivity index (χ0n) is 8.98. The van der Waals surface area contributed by atoms with Crippen LogP contribution in [0.2, 0.25) is 0 Å². The average Bonchev–Trinajstić information content (AvgIpc) is 3.05. The van der Waals surface area contributed by atoms with Gasteiger partial charge in [-0.1, -0.05) is 0 Å². The molecule has 4 nitrogen and oxygen atoms in total. The molecule has 2 aromatic heterocycles. The van der Waals surface area contributed by atoms with Crippen molar-refractivity contribution in [3.63, 3.8) is 0 Å². The van der Waals surface area contributed by atoms with Crippen molar-refractivity contribution in [2.24, 2.45) is 0 Å². The standard InChI is InChI=1S/C12H14N4/c1-2-9(6-13-5-1)12-10(8-15-16-12)7-14-11-3-4-11/h1-2,5-6,8,11,14H,3-4,7H2,(H,15,16). The molecular weight excluding hydrogens is 200 g/mol. The van der Waals surface area contributed by atoms with Gasteiger partial charge in [0.25, 0.3) is 0 Å². The number of hydrogen-bond acceptors (Lipinski definition) is 3. The van der Waals surface area contributed by atoms with Crippen LogP contribution in [0, 0.1) is 0 Å². The maximum Gasteiger partial charge on any atom is 0.0710 e. The van der Waals surface area contributed by atoms with E-state index in [1.165, 1.54) is 18.4 Å². The Balaban J connectivity index is 1.81. The molecule has 1 saturated carbocycles. The molecule has 0 aromatic carbocycles. The van der Waals surface area contributed by atoms with E-state index in [0.29, 0.717) is 0 Å². The van der Waals surface area contributed by atoms with Crippen LogP contribution in [-0.2, 0) is 6.54 Å². The molecule has 0 radical (unpaired) electrons. The van der Waals surface area contributed by atoms with Gasteiger partial charge in [0.05, 0.1) is 11.9 Å². The van der Waals surface area contributed by atoms with Crippen LogP contribution in [0.1, 0.15) is 18.4 Å². The molecule has 82 valence electrons. The molecular formula is C12H14N4. The van der Waals surface area contributed by atoms with Gasteiger partial charge in [-0.25, -0.2) is 0 Å². The van der Waals surface area contributed by atoms with Gasteiger partial charge in [0, 0.05) is 36.1 Å². The van der Waals surface area contributed by atoms with E-state index in [4.69, 9.17) is 0 Å². The van der Waals surface area contributed by atoms with E-state index in [-0.39, 0.29) is 0 Å². The van der Waals surface area contributed by atoms with Crippen LogP contribution in [0.25, 0.3) is 11.3 Å². The highest BCUT2D eigenvalue weighted by molar-refractivity contribution is 5.61. The summed E-state index contributed by atoms with van der Waals surface area (Å²) in [5.74, 6) is 0. The average molecular weight is 214 g/mol. The predicted octanol–water partition coefficient (Wildman–Crippen LogP) is 1.72. The van der Waals surface area contributed by atoms with Gasteiger partial charge < -0.3 is 5.32 Å². The van der Waals surface area contributed by atoms with Crippen molar-refractivity contribution in [1.29, 1.82) is 0 Å². The van der Waals surface area contributed by atoms with E-state index in [0.717, 1.165) is 23.8 Å². The van der Waals surface area contributed by atoms with Gasteiger partial charge in [0.2, 0.25) is 0 Å². The van der Waals surface area contributed by atoms with Crippen molar-refractivity contribution in [1.82, 2.24) is 20.5 Å². The molecule has 16 heavy (non-hydrogen) atoms. The van der Waals surface area contributed by atoms with E-state index >= 15 is 0 Å². The van der Waals surface area contributed by atoms with Crippen LogP contribution < -0.4 is 5.32 Å². The van der Waals surface area contributed by atoms with Gasteiger partial charge in [0.15, 0.2) is 0 Å². The molecule has 4 heteroatoms. The van der Waals surface area contributed by atoms with Crippen LogP contribution >= 0.6 is 0 Å². The summed E-state index contributed by atoms with van der Waals surface area (Å²) in [6, 6.07) is 4.70. The fourth-order valence-electron chi connectivity index (χ4n) is 1.75. The van der Waals surface area contributed by atoms with Crippen LogP contribution in [0.5, 0.6) is 0 Å². The monoisotopic (exact) mass is 214 g/mol. The van der Waals surface area contributed by atoms with E-state index in [9.17, 15) is 0 Å². The quantitative estimate of drug-likeness (QED) is 0.814. The highest BCUT2D eigenvalue weighted by Crippen LogP contribution is 2.22. The fourth-order valence-corrected chi connectivity index (χ4v) is 1.75. The summed E-state index contributed by atoms with van der Waals surface area (Å²) in [4.78, 5) is 4.12. The minimum atomic E-state index is 0.719. The summed E-state index contributed by atoms with van der Waals surface area (Å²) in [7, 11) is 0. The molecule has 2 heterocycles. The first kappa shape index (κ1) is 9.54. The molecule has 0 saturated heterocycles. The minimum absolute atomic E-state index is 0.719. The van der Waals surface area contributed by atoms with Gasteiger partial charge >= 0.3 is 0 Å². The summed E-state index contributed by atoms with van der Waals surface area (Å²) in [5, 5.41) is 10.6. The normalized spacial score (nSPS) is 15.2. The molecule has 1 fully saturated rings. The Labute approximate surface area is 94.1 Å². The minimum Gasteiger partial charge on any atom is -0.310 e. The summed E-state index contributed by atoms with van der Waals surface area (Å²) in [6.07, 6.45) is 8.13. The van der Waals surface area contributed by atoms with Gasteiger partial charge in [-0.05, 0) is 25.0 Å². The van der Waals surface area contributed by atoms with Crippen molar-refractivity contribution >= 4 is 0 Å². The van der Waals surface area contributed by atoms with Crippen LogP contribution in [0.3, 0.4) is 0 Å². The molecule has 1 aliphatic carbocycles. The number of aromatic nitrogens is 3. The second-order valence-corrected chi connectivity index (χ2v) is 4.17. The highest BCUT2D eigenvalue weighted by Gasteiger charge is 2.20. The summed E-state index contributed by atoms with van der Waals surface area (Å²) < 4.78 is 0. The second kappa shape index (κ2) is 4.06. The summed E-state index contributed by atoms with van der Waals surface area (Å²) >= 11 is 0. The van der Waals surface area contributed by atoms with Gasteiger partial charge in [-0.15, -0.1) is 0 Å². The Kier molecular flexibility index (Phi) is 2.42. The largest absolute Gasteiger partial charge is 0.310 e. The third-order valence-corrected chi connectivity index (χ3v) is 2.83. The number of pyridine rings is 1. The first-order chi connectivity index (χ1) is 7.93. The lowest BCUT2D eigenvalue weighted by atomic mass is 10.1. The number of hydrogen-bond donors (Lipinski definition) is 2. The lowest BCUT2D eigenvalue weighted by Crippen LogP contribution is -2.15. The molecule has 3 rings (SSSR count). The Morgan fingerprint density at radius 1 is 1.38 bits per heavy atom. The molecule has 2 aromatic rings. The molecule has 2 N–H and O–H groups in total. The maximum atomic E-state index is 4.12. The van der Waals surface area contributed by atoms with E-state index in [1.807, 2.05) is 24.5 Å². The Bertz CT molecular complexity index is 459. The van der Waals surface area contributed by atoms with E-state index in [2.05, 4.69) is 20.5 Å². The van der Waals surface area contributed by atoms with Crippen molar-refractivity contribution in [3.8, 4) is 11.3 Å². The van der Waals surface area contributed by atoms with Crippen LogP contribution in [-0.4, -0.2) is 21.2 Å². The first-order valence-electron chi connectivity index (χ1n) is 5.59. The highest BCUT2D eigenvalue weighted by atomic mass is 15.1. The molecule has 0 bridgehead atoms. The predicted molar refractivity (Wildman–Crippen MR) is 61.7 cm³/mol. The topological polar surface area (TPSA) is 53.6 Å². The lowest BCUT2D eigenvalue weighted by Gasteiger charge is -2.03. The van der Waals surface area contributed by atoms with Gasteiger partial charge in [-0.3, -0.25) is 10.1 Å². The van der Waals surface area contributed by atoms with Gasteiger partial charge in [-0.2, -0.15) is 5.10 Å². The van der Waals surface area contributed by atoms with E-state index < -0.39 is 0 Å². The fraction of sp³-hybridized carbons (Fsp3) is 0.333. The smallest absolute Gasteiger partial charge is 0.0710 e. The number of H-pyrrole nitrogens is 1. The molecule has 0 amide bonds. The number of rotatable bonds is 4. The number of nitrogens with one attached hydrogen (secondary N) is 2. The Morgan fingerprint density at radius 3 is 3.06 bits per heavy atom. The molecule has 0 spiro atoms. The molecule has 1 aliphatic rings. The second-order valence-electron chi connectivity index (χ2n) is 4.17. The number of aromatic amines is 1. The Morgan fingerprint density at radius 2 is 2.31 bits per heavy atom. The molecule has 0 aliphatic heterocycles. The van der Waals surface area contributed by atoms with Crippen LogP contribution in [0.4, 0.5) is 0 Å². The maximum absolute atomic E-state index is 4.12. The summed E-state index contributed by atoms with van der Waals surface area (Å²) in [5.41, 5.74) is 3.37. The lowest BCUT2D eigenvalue weighted by molar-refractivity contribution is 0.689. The SMILES string of the molecule is c1cncc(-c2[nH]ncc2CNC2CC2)c1. The molecule has 0 unspecified atom stereocenters. The third-order valence-electron chi connectivity index (χ3n) is 2.83. The zero-order valence-corrected chi connectivity index (χ0v) is 8.98. The summed E-state index contributed by atoms with van der Waals surface area (Å²) in [6.45, 7) is 0.880.